The van der Waals surface area contributed by atoms with Gasteiger partial charge in [-0.25, -0.2) is 9.67 Å². The van der Waals surface area contributed by atoms with E-state index in [0.29, 0.717) is 53.7 Å². The lowest BCUT2D eigenvalue weighted by Crippen LogP contribution is -2.37. The molecule has 0 bridgehead atoms. The molecule has 1 atom stereocenters. The number of ether oxygens (including phenoxy) is 4. The Bertz CT molecular complexity index is 1710. The van der Waals surface area contributed by atoms with E-state index in [9.17, 15) is 4.79 Å². The maximum Gasteiger partial charge on any atom is 0.254 e. The van der Waals surface area contributed by atoms with Crippen LogP contribution in [0.2, 0.25) is 0 Å². The second-order valence-corrected chi connectivity index (χ2v) is 10.4. The topological polar surface area (TPSA) is 87.9 Å². The van der Waals surface area contributed by atoms with E-state index in [1.165, 1.54) is 0 Å². The summed E-state index contributed by atoms with van der Waals surface area (Å²) >= 11 is 0. The molecule has 1 amide bonds. The number of rotatable bonds is 10. The highest BCUT2D eigenvalue weighted by atomic mass is 16.5. The normalized spacial score (nSPS) is 14.5. The van der Waals surface area contributed by atoms with E-state index in [1.54, 1.807) is 32.2 Å². The number of carbonyl (C=O) groups is 1. The predicted molar refractivity (Wildman–Crippen MR) is 164 cm³/mol. The zero-order chi connectivity index (χ0) is 29.8. The molecule has 0 spiro atoms. The first-order valence-electron chi connectivity index (χ1n) is 14.3. The van der Waals surface area contributed by atoms with Crippen LogP contribution < -0.4 is 14.2 Å². The number of carbonyl (C=O) groups excluding carboxylic acids is 1. The third-order valence-electron chi connectivity index (χ3n) is 7.77. The highest BCUT2D eigenvalue weighted by Gasteiger charge is 2.26. The lowest BCUT2D eigenvalue weighted by molar-refractivity contribution is 0.0507. The van der Waals surface area contributed by atoms with Crippen molar-refractivity contribution in [3.8, 4) is 34.2 Å². The van der Waals surface area contributed by atoms with E-state index in [-0.39, 0.29) is 12.0 Å². The summed E-state index contributed by atoms with van der Waals surface area (Å²) in [6.45, 7) is 1.46. The van der Waals surface area contributed by atoms with Crippen molar-refractivity contribution in [3.63, 3.8) is 0 Å². The minimum atomic E-state index is -0.0915. The molecule has 43 heavy (non-hydrogen) atoms. The molecule has 3 aromatic carbocycles. The minimum Gasteiger partial charge on any atom is -0.496 e. The van der Waals surface area contributed by atoms with Crippen LogP contribution in [0.4, 0.5) is 0 Å². The van der Waals surface area contributed by atoms with Crippen LogP contribution in [0.3, 0.4) is 0 Å². The van der Waals surface area contributed by atoms with Crippen molar-refractivity contribution in [2.45, 2.75) is 25.5 Å². The number of nitrogens with zero attached hydrogens (tertiary/aromatic N) is 4. The highest BCUT2D eigenvalue weighted by molar-refractivity contribution is 5.96. The number of para-hydroxylation sites is 1. The average molecular weight is 579 g/mol. The second kappa shape index (κ2) is 12.5. The van der Waals surface area contributed by atoms with Crippen LogP contribution in [0.25, 0.3) is 27.8 Å². The van der Waals surface area contributed by atoms with Crippen LogP contribution >= 0.6 is 0 Å². The van der Waals surface area contributed by atoms with Gasteiger partial charge in [-0.15, -0.1) is 0 Å². The number of benzene rings is 3. The first kappa shape index (κ1) is 28.2. The molecule has 9 nitrogen and oxygen atoms in total. The highest BCUT2D eigenvalue weighted by Crippen LogP contribution is 2.39. The molecule has 1 aliphatic heterocycles. The van der Waals surface area contributed by atoms with Gasteiger partial charge in [0, 0.05) is 48.6 Å². The number of amides is 1. The fraction of sp³-hybridized carbons (Fsp3) is 0.265. The Labute approximate surface area is 250 Å². The summed E-state index contributed by atoms with van der Waals surface area (Å²) in [4.78, 5) is 21.1. The molecule has 5 aromatic rings. The molecule has 1 fully saturated rings. The molecule has 3 heterocycles. The van der Waals surface area contributed by atoms with Gasteiger partial charge in [-0.2, -0.15) is 5.10 Å². The van der Waals surface area contributed by atoms with Crippen molar-refractivity contribution in [1.82, 2.24) is 19.7 Å². The molecule has 1 saturated heterocycles. The molecule has 0 aliphatic carbocycles. The monoisotopic (exact) mass is 578 g/mol. The Morgan fingerprint density at radius 3 is 2.42 bits per heavy atom. The zero-order valence-corrected chi connectivity index (χ0v) is 24.5. The molecular weight excluding hydrogens is 544 g/mol. The predicted octanol–water partition coefficient (Wildman–Crippen LogP) is 5.93. The van der Waals surface area contributed by atoms with Gasteiger partial charge in [0.1, 0.15) is 22.8 Å². The first-order chi connectivity index (χ1) is 21.1. The van der Waals surface area contributed by atoms with Gasteiger partial charge in [0.05, 0.1) is 38.8 Å². The van der Waals surface area contributed by atoms with Gasteiger partial charge in [-0.3, -0.25) is 4.79 Å². The van der Waals surface area contributed by atoms with E-state index in [4.69, 9.17) is 23.9 Å². The summed E-state index contributed by atoms with van der Waals surface area (Å²) in [6.07, 6.45) is 5.44. The Morgan fingerprint density at radius 1 is 0.953 bits per heavy atom. The van der Waals surface area contributed by atoms with Gasteiger partial charge in [0.15, 0.2) is 0 Å². The number of fused-ring (bicyclic) bond motifs is 1. The zero-order valence-electron chi connectivity index (χ0n) is 24.5. The fourth-order valence-corrected chi connectivity index (χ4v) is 5.61. The number of methoxy groups -OCH3 is 3. The van der Waals surface area contributed by atoms with Gasteiger partial charge in [-0.05, 0) is 79.1 Å². The third-order valence-corrected chi connectivity index (χ3v) is 7.77. The van der Waals surface area contributed by atoms with E-state index in [1.807, 2.05) is 83.9 Å². The van der Waals surface area contributed by atoms with E-state index < -0.39 is 0 Å². The van der Waals surface area contributed by atoms with Crippen LogP contribution in [0.1, 0.15) is 28.8 Å². The Morgan fingerprint density at radius 2 is 1.72 bits per heavy atom. The molecule has 0 radical (unpaired) electrons. The molecule has 2 aromatic heterocycles. The summed E-state index contributed by atoms with van der Waals surface area (Å²) in [5.74, 6) is 1.89. The van der Waals surface area contributed by atoms with Crippen molar-refractivity contribution in [2.24, 2.45) is 0 Å². The van der Waals surface area contributed by atoms with Gasteiger partial charge in [0.2, 0.25) is 0 Å². The standard InChI is InChI=1S/C34H34N4O5/c1-40-29-10-5-4-9-27(29)32-24(20-28-30(41-2)15-16-31(42-3)33(28)36-32)21-37(22-26-8-6-19-43-26)34(39)23-11-13-25(14-12-23)38-18-7-17-35-38/h4-5,7,9-18,20,26H,6,8,19,21-22H2,1-3H3/t26-/m1/s1. The number of aromatic nitrogens is 3. The van der Waals surface area contributed by atoms with Crippen LogP contribution in [-0.4, -0.2) is 66.2 Å². The lowest BCUT2D eigenvalue weighted by atomic mass is 10.0. The Hall–Kier alpha value is -4.89. The van der Waals surface area contributed by atoms with Crippen molar-refractivity contribution in [2.75, 3.05) is 34.5 Å². The largest absolute Gasteiger partial charge is 0.496 e. The number of hydrogen-bond acceptors (Lipinski definition) is 7. The van der Waals surface area contributed by atoms with Crippen LogP contribution in [-0.2, 0) is 11.3 Å². The first-order valence-corrected chi connectivity index (χ1v) is 14.3. The molecule has 1 aliphatic rings. The smallest absolute Gasteiger partial charge is 0.254 e. The van der Waals surface area contributed by atoms with Gasteiger partial charge in [-0.1, -0.05) is 12.1 Å². The summed E-state index contributed by atoms with van der Waals surface area (Å²) < 4.78 is 24.9. The van der Waals surface area contributed by atoms with Crippen LogP contribution in [0.5, 0.6) is 17.2 Å². The van der Waals surface area contributed by atoms with Gasteiger partial charge >= 0.3 is 0 Å². The second-order valence-electron chi connectivity index (χ2n) is 10.4. The van der Waals surface area contributed by atoms with E-state index in [0.717, 1.165) is 35.0 Å². The van der Waals surface area contributed by atoms with Crippen molar-refractivity contribution in [1.29, 1.82) is 0 Å². The van der Waals surface area contributed by atoms with Crippen LogP contribution in [0.15, 0.2) is 85.2 Å². The maximum atomic E-state index is 14.2. The van der Waals surface area contributed by atoms with Gasteiger partial charge < -0.3 is 23.8 Å². The summed E-state index contributed by atoms with van der Waals surface area (Å²) in [7, 11) is 4.90. The Kier molecular flexibility index (Phi) is 8.24. The number of pyridine rings is 1. The molecule has 9 heteroatoms. The van der Waals surface area contributed by atoms with E-state index in [2.05, 4.69) is 5.10 Å². The van der Waals surface area contributed by atoms with Crippen LogP contribution in [0, 0.1) is 0 Å². The molecule has 0 unspecified atom stereocenters. The van der Waals surface area contributed by atoms with Crippen molar-refractivity contribution >= 4 is 16.8 Å². The molecule has 0 saturated carbocycles. The Balaban J connectivity index is 1.46. The summed E-state index contributed by atoms with van der Waals surface area (Å²) in [6, 6.07) is 22.9. The molecule has 220 valence electrons. The minimum absolute atomic E-state index is 0.0370. The number of hydrogen-bond donors (Lipinski definition) is 0. The summed E-state index contributed by atoms with van der Waals surface area (Å²) in [5, 5.41) is 5.09. The average Bonchev–Trinajstić information content (AvgIpc) is 3.79. The molecule has 6 rings (SSSR count). The lowest BCUT2D eigenvalue weighted by Gasteiger charge is -2.27. The van der Waals surface area contributed by atoms with Crippen molar-refractivity contribution in [3.05, 3.63) is 96.3 Å². The maximum absolute atomic E-state index is 14.2. The SMILES string of the molecule is COc1ccccc1-c1nc2c(OC)ccc(OC)c2cc1CN(C[C@H]1CCCO1)C(=O)c1ccc(-n2cccn2)cc1. The quantitative estimate of drug-likeness (QED) is 0.203. The third kappa shape index (κ3) is 5.76. The van der Waals surface area contributed by atoms with Gasteiger partial charge in [0.25, 0.3) is 5.91 Å². The molecule has 0 N–H and O–H groups in total. The van der Waals surface area contributed by atoms with E-state index >= 15 is 0 Å². The fourth-order valence-electron chi connectivity index (χ4n) is 5.61. The van der Waals surface area contributed by atoms with Crippen molar-refractivity contribution < 1.29 is 23.7 Å². The summed E-state index contributed by atoms with van der Waals surface area (Å²) in [5.41, 5.74) is 4.50. The molecular formula is C34H34N4O5.